The average Bonchev–Trinajstić information content (AvgIpc) is 3.07. The van der Waals surface area contributed by atoms with Crippen molar-refractivity contribution >= 4 is 46.2 Å². The minimum atomic E-state index is -0.376. The van der Waals surface area contributed by atoms with Crippen LogP contribution in [0.2, 0.25) is 0 Å². The number of nitrogens with zero attached hydrogens (tertiary/aromatic N) is 1. The van der Waals surface area contributed by atoms with Crippen LogP contribution in [0.1, 0.15) is 66.9 Å². The summed E-state index contributed by atoms with van der Waals surface area (Å²) >= 11 is 6.47. The maximum Gasteiger partial charge on any atom is 0.285 e. The Labute approximate surface area is 205 Å². The molecule has 2 aromatic carbocycles. The van der Waals surface area contributed by atoms with Gasteiger partial charge in [-0.1, -0.05) is 80.6 Å². The summed E-state index contributed by atoms with van der Waals surface area (Å²) in [5, 5.41) is 1.13. The fraction of sp³-hybridized carbons (Fsp3) is 0.346. The highest BCUT2D eigenvalue weighted by atomic mass is 32.2. The van der Waals surface area contributed by atoms with Gasteiger partial charge in [-0.15, -0.1) is 0 Å². The number of ether oxygens (including phenoxy) is 1. The first-order valence-electron chi connectivity index (χ1n) is 11.4. The number of unbranched alkanes of at least 4 members (excludes halogenated alkanes) is 5. The van der Waals surface area contributed by atoms with Crippen LogP contribution in [0, 0.1) is 6.92 Å². The Morgan fingerprint density at radius 2 is 1.70 bits per heavy atom. The molecule has 1 saturated heterocycles. The number of thiocarbonyl (C=S) groups is 1. The van der Waals surface area contributed by atoms with Gasteiger partial charge in [0.2, 0.25) is 0 Å². The molecule has 7 heteroatoms. The largest absolute Gasteiger partial charge is 0.494 e. The van der Waals surface area contributed by atoms with Gasteiger partial charge in [0, 0.05) is 5.56 Å². The highest BCUT2D eigenvalue weighted by molar-refractivity contribution is 8.26. The monoisotopic (exact) mass is 482 g/mol. The Hall–Kier alpha value is -2.64. The lowest BCUT2D eigenvalue weighted by Crippen LogP contribution is -2.44. The minimum absolute atomic E-state index is 0.297. The van der Waals surface area contributed by atoms with Gasteiger partial charge in [0.05, 0.1) is 11.5 Å². The Kier molecular flexibility index (Phi) is 9.51. The molecule has 0 unspecified atom stereocenters. The van der Waals surface area contributed by atoms with Crippen LogP contribution < -0.4 is 10.2 Å². The summed E-state index contributed by atoms with van der Waals surface area (Å²) < 4.78 is 6.11. The molecule has 33 heavy (non-hydrogen) atoms. The molecule has 1 aliphatic rings. The van der Waals surface area contributed by atoms with Gasteiger partial charge < -0.3 is 4.74 Å². The van der Waals surface area contributed by atoms with E-state index in [9.17, 15) is 9.59 Å². The van der Waals surface area contributed by atoms with Crippen molar-refractivity contribution in [2.24, 2.45) is 0 Å². The van der Waals surface area contributed by atoms with Crippen molar-refractivity contribution in [1.82, 2.24) is 10.4 Å². The summed E-state index contributed by atoms with van der Waals surface area (Å²) in [6.45, 7) is 4.88. The highest BCUT2D eigenvalue weighted by Gasteiger charge is 2.33. The maximum absolute atomic E-state index is 12.8. The molecule has 1 heterocycles. The Bertz CT molecular complexity index is 1000. The van der Waals surface area contributed by atoms with Crippen molar-refractivity contribution in [2.75, 3.05) is 6.61 Å². The molecule has 0 aromatic heterocycles. The highest BCUT2D eigenvalue weighted by Crippen LogP contribution is 2.31. The lowest BCUT2D eigenvalue weighted by Gasteiger charge is -2.15. The van der Waals surface area contributed by atoms with Gasteiger partial charge in [-0.2, -0.15) is 5.01 Å². The molecule has 1 fully saturated rings. The standard InChI is InChI=1S/C26H30N2O3S2/c1-3-4-5-6-7-8-17-31-22-15-11-20(12-16-22)18-23-25(30)28(26(32)33-23)27-24(29)21-13-9-19(2)10-14-21/h9-16,18H,3-8,17H2,1-2H3,(H,27,29)/b23-18-. The third-order valence-corrected chi connectivity index (χ3v) is 6.57. The van der Waals surface area contributed by atoms with E-state index in [1.807, 2.05) is 43.3 Å². The number of rotatable bonds is 11. The zero-order chi connectivity index (χ0) is 23.6. The smallest absolute Gasteiger partial charge is 0.285 e. The lowest BCUT2D eigenvalue weighted by atomic mass is 10.1. The first kappa shape index (κ1) is 25.0. The second-order valence-electron chi connectivity index (χ2n) is 8.01. The molecule has 2 aromatic rings. The van der Waals surface area contributed by atoms with E-state index < -0.39 is 0 Å². The van der Waals surface area contributed by atoms with E-state index in [1.165, 1.54) is 43.9 Å². The quantitative estimate of drug-likeness (QED) is 0.232. The van der Waals surface area contributed by atoms with Crippen molar-refractivity contribution in [2.45, 2.75) is 52.4 Å². The molecular formula is C26H30N2O3S2. The van der Waals surface area contributed by atoms with E-state index in [0.29, 0.717) is 21.4 Å². The zero-order valence-electron chi connectivity index (χ0n) is 19.1. The van der Waals surface area contributed by atoms with Crippen molar-refractivity contribution in [3.05, 3.63) is 70.1 Å². The van der Waals surface area contributed by atoms with Crippen LogP contribution in [0.25, 0.3) is 6.08 Å². The summed E-state index contributed by atoms with van der Waals surface area (Å²) in [4.78, 5) is 25.7. The summed E-state index contributed by atoms with van der Waals surface area (Å²) in [6.07, 6.45) is 9.15. The number of carbonyl (C=O) groups is 2. The summed E-state index contributed by atoms with van der Waals surface area (Å²) in [6, 6.07) is 14.8. The van der Waals surface area contributed by atoms with E-state index in [2.05, 4.69) is 12.3 Å². The van der Waals surface area contributed by atoms with E-state index >= 15 is 0 Å². The minimum Gasteiger partial charge on any atom is -0.494 e. The molecule has 0 atom stereocenters. The number of thioether (sulfide) groups is 1. The number of hydrogen-bond acceptors (Lipinski definition) is 5. The number of hydrazine groups is 1. The topological polar surface area (TPSA) is 58.6 Å². The summed E-state index contributed by atoms with van der Waals surface area (Å²) in [7, 11) is 0. The van der Waals surface area contributed by atoms with Crippen molar-refractivity contribution in [3.8, 4) is 5.75 Å². The number of aryl methyl sites for hydroxylation is 1. The van der Waals surface area contributed by atoms with Crippen LogP contribution >= 0.6 is 24.0 Å². The summed E-state index contributed by atoms with van der Waals surface area (Å²) in [5.41, 5.74) is 5.00. The SMILES string of the molecule is CCCCCCCCOc1ccc(/C=C2\SC(=S)N(NC(=O)c3ccc(C)cc3)C2=O)cc1. The molecule has 1 aliphatic heterocycles. The number of benzene rings is 2. The van der Waals surface area contributed by atoms with Crippen molar-refractivity contribution in [3.63, 3.8) is 0 Å². The predicted octanol–water partition coefficient (Wildman–Crippen LogP) is 6.28. The Morgan fingerprint density at radius 3 is 2.39 bits per heavy atom. The molecular weight excluding hydrogens is 452 g/mol. The van der Waals surface area contributed by atoms with Gasteiger partial charge >= 0.3 is 0 Å². The van der Waals surface area contributed by atoms with Gasteiger partial charge in [0.25, 0.3) is 11.8 Å². The van der Waals surface area contributed by atoms with Crippen LogP contribution in [0.5, 0.6) is 5.75 Å². The first-order valence-corrected chi connectivity index (χ1v) is 12.6. The van der Waals surface area contributed by atoms with Crippen molar-refractivity contribution < 1.29 is 14.3 Å². The second-order valence-corrected chi connectivity index (χ2v) is 9.69. The molecule has 3 rings (SSSR count). The fourth-order valence-corrected chi connectivity index (χ4v) is 4.50. The summed E-state index contributed by atoms with van der Waals surface area (Å²) in [5.74, 6) is 0.104. The maximum atomic E-state index is 12.8. The van der Waals surface area contributed by atoms with Gasteiger partial charge in [0.15, 0.2) is 4.32 Å². The zero-order valence-corrected chi connectivity index (χ0v) is 20.8. The Balaban J connectivity index is 1.52. The number of nitrogens with one attached hydrogen (secondary N) is 1. The third-order valence-electron chi connectivity index (χ3n) is 5.27. The second kappa shape index (κ2) is 12.6. The first-order chi connectivity index (χ1) is 16.0. The van der Waals surface area contributed by atoms with E-state index in [-0.39, 0.29) is 11.8 Å². The molecule has 2 amide bonds. The third kappa shape index (κ3) is 7.44. The number of hydrogen-bond donors (Lipinski definition) is 1. The average molecular weight is 483 g/mol. The predicted molar refractivity (Wildman–Crippen MR) is 139 cm³/mol. The molecule has 0 bridgehead atoms. The molecule has 5 nitrogen and oxygen atoms in total. The van der Waals surface area contributed by atoms with Crippen LogP contribution in [-0.2, 0) is 4.79 Å². The van der Waals surface area contributed by atoms with Crippen LogP contribution in [0.15, 0.2) is 53.4 Å². The molecule has 0 spiro atoms. The number of amides is 2. The molecule has 0 saturated carbocycles. The molecule has 174 valence electrons. The van der Waals surface area contributed by atoms with E-state index in [1.54, 1.807) is 18.2 Å². The van der Waals surface area contributed by atoms with E-state index in [4.69, 9.17) is 17.0 Å². The van der Waals surface area contributed by atoms with Crippen molar-refractivity contribution in [1.29, 1.82) is 0 Å². The number of carbonyl (C=O) groups excluding carboxylic acids is 2. The van der Waals surface area contributed by atoms with Gasteiger partial charge in [-0.25, -0.2) is 0 Å². The fourth-order valence-electron chi connectivity index (χ4n) is 3.32. The van der Waals surface area contributed by atoms with E-state index in [0.717, 1.165) is 28.3 Å². The van der Waals surface area contributed by atoms with Crippen LogP contribution in [0.3, 0.4) is 0 Å². The lowest BCUT2D eigenvalue weighted by molar-refractivity contribution is -0.123. The normalized spacial score (nSPS) is 14.7. The Morgan fingerprint density at radius 1 is 1.03 bits per heavy atom. The molecule has 1 N–H and O–H groups in total. The van der Waals surface area contributed by atoms with Gasteiger partial charge in [-0.3, -0.25) is 15.0 Å². The molecule has 0 aliphatic carbocycles. The van der Waals surface area contributed by atoms with Crippen LogP contribution in [-0.4, -0.2) is 27.8 Å². The van der Waals surface area contributed by atoms with Gasteiger partial charge in [0.1, 0.15) is 5.75 Å². The van der Waals surface area contributed by atoms with Gasteiger partial charge in [-0.05, 0) is 61.5 Å². The van der Waals surface area contributed by atoms with Crippen LogP contribution in [0.4, 0.5) is 0 Å². The molecule has 0 radical (unpaired) electrons.